The maximum atomic E-state index is 13.4. The summed E-state index contributed by atoms with van der Waals surface area (Å²) < 4.78 is 93.3. The fourth-order valence-electron chi connectivity index (χ4n) is 1.44. The zero-order chi connectivity index (χ0) is 17.1. The summed E-state index contributed by atoms with van der Waals surface area (Å²) >= 11 is 0. The van der Waals surface area contributed by atoms with Crippen LogP contribution in [0.2, 0.25) is 0 Å². The van der Waals surface area contributed by atoms with E-state index in [1.807, 2.05) is 0 Å². The number of esters is 1. The molecule has 9 heteroatoms. The summed E-state index contributed by atoms with van der Waals surface area (Å²) in [6, 6.07) is 0. The molecule has 0 aromatic carbocycles. The zero-order valence-electron chi connectivity index (χ0n) is 11.7. The normalized spacial score (nSPS) is 16.5. The Morgan fingerprint density at radius 3 is 1.90 bits per heavy atom. The van der Waals surface area contributed by atoms with Crippen LogP contribution in [0.1, 0.15) is 33.6 Å². The van der Waals surface area contributed by atoms with Crippen LogP contribution >= 0.6 is 0 Å². The molecule has 0 bridgehead atoms. The van der Waals surface area contributed by atoms with E-state index in [9.17, 15) is 35.5 Å². The molecule has 0 N–H and O–H groups in total. The molecule has 0 aliphatic rings. The fourth-order valence-corrected chi connectivity index (χ4v) is 1.44. The maximum absolute atomic E-state index is 13.4. The van der Waals surface area contributed by atoms with Crippen molar-refractivity contribution in [3.8, 4) is 0 Å². The predicted octanol–water partition coefficient (Wildman–Crippen LogP) is 4.43. The molecule has 0 amide bonds. The van der Waals surface area contributed by atoms with Gasteiger partial charge in [-0.1, -0.05) is 27.2 Å². The number of alkyl halides is 7. The van der Waals surface area contributed by atoms with Crippen molar-refractivity contribution in [2.75, 3.05) is 6.61 Å². The minimum absolute atomic E-state index is 0.104. The summed E-state index contributed by atoms with van der Waals surface area (Å²) in [6.07, 6.45) is -5.34. The highest BCUT2D eigenvalue weighted by Gasteiger charge is 2.75. The van der Waals surface area contributed by atoms with Crippen LogP contribution in [0, 0.1) is 11.8 Å². The molecule has 0 radical (unpaired) electrons. The molecule has 0 heterocycles. The number of halogens is 7. The second kappa shape index (κ2) is 6.83. The number of carbonyl (C=O) groups is 1. The number of hydrogen-bond acceptors (Lipinski definition) is 2. The van der Waals surface area contributed by atoms with E-state index in [1.165, 1.54) is 0 Å². The quantitative estimate of drug-likeness (QED) is 0.393. The molecule has 2 nitrogen and oxygen atoms in total. The van der Waals surface area contributed by atoms with Gasteiger partial charge in [0.1, 0.15) is 0 Å². The Morgan fingerprint density at radius 1 is 1.05 bits per heavy atom. The van der Waals surface area contributed by atoms with E-state index in [0.29, 0.717) is 19.8 Å². The number of carbonyl (C=O) groups excluding carboxylic acids is 1. The Labute approximate surface area is 117 Å². The molecule has 0 fully saturated rings. The summed E-state index contributed by atoms with van der Waals surface area (Å²) in [5.74, 6) is -17.2. The van der Waals surface area contributed by atoms with Crippen molar-refractivity contribution in [3.05, 3.63) is 0 Å². The Morgan fingerprint density at radius 2 is 1.52 bits per heavy atom. The van der Waals surface area contributed by atoms with Crippen LogP contribution < -0.4 is 0 Å². The second-order valence-corrected chi connectivity index (χ2v) is 4.79. The standard InChI is InChI=1S/C12H17F7O2/c1-4-5-6-21-9(20)7(2)8(3)10(13,14)11(15,16)12(17,18)19/h7-8H,4-6H2,1-3H3. The molecule has 0 rings (SSSR count). The molecule has 0 saturated carbocycles. The van der Waals surface area contributed by atoms with Gasteiger partial charge in [0.15, 0.2) is 0 Å². The number of ether oxygens (including phenoxy) is 1. The van der Waals surface area contributed by atoms with Crippen LogP contribution in [0.25, 0.3) is 0 Å². The van der Waals surface area contributed by atoms with Crippen molar-refractivity contribution in [3.63, 3.8) is 0 Å². The molecule has 2 atom stereocenters. The Hall–Kier alpha value is -1.02. The topological polar surface area (TPSA) is 26.3 Å². The van der Waals surface area contributed by atoms with Gasteiger partial charge in [0.2, 0.25) is 0 Å². The predicted molar refractivity (Wildman–Crippen MR) is 60.1 cm³/mol. The number of rotatable bonds is 7. The van der Waals surface area contributed by atoms with Gasteiger partial charge in [-0.25, -0.2) is 0 Å². The summed E-state index contributed by atoms with van der Waals surface area (Å²) in [7, 11) is 0. The molecule has 21 heavy (non-hydrogen) atoms. The first-order valence-electron chi connectivity index (χ1n) is 6.29. The lowest BCUT2D eigenvalue weighted by molar-refractivity contribution is -0.367. The SMILES string of the molecule is CCCCOC(=O)C(C)C(C)C(F)(F)C(F)(F)C(F)(F)F. The molecule has 2 unspecified atom stereocenters. The van der Waals surface area contributed by atoms with Crippen LogP contribution in [0.5, 0.6) is 0 Å². The van der Waals surface area contributed by atoms with Gasteiger partial charge in [-0.2, -0.15) is 30.7 Å². The monoisotopic (exact) mass is 326 g/mol. The summed E-state index contributed by atoms with van der Waals surface area (Å²) in [5, 5.41) is 0. The van der Waals surface area contributed by atoms with Crippen LogP contribution in [-0.2, 0) is 9.53 Å². The van der Waals surface area contributed by atoms with E-state index in [4.69, 9.17) is 0 Å². The van der Waals surface area contributed by atoms with Gasteiger partial charge in [-0.05, 0) is 6.42 Å². The smallest absolute Gasteiger partial charge is 0.459 e. The van der Waals surface area contributed by atoms with Crippen molar-refractivity contribution < 1.29 is 40.3 Å². The third-order valence-corrected chi connectivity index (χ3v) is 3.21. The van der Waals surface area contributed by atoms with E-state index in [1.54, 1.807) is 6.92 Å². The fraction of sp³-hybridized carbons (Fsp3) is 0.917. The van der Waals surface area contributed by atoms with E-state index >= 15 is 0 Å². The van der Waals surface area contributed by atoms with Gasteiger partial charge in [0.05, 0.1) is 12.5 Å². The Balaban J connectivity index is 5.04. The highest BCUT2D eigenvalue weighted by atomic mass is 19.4. The summed E-state index contributed by atoms with van der Waals surface area (Å²) in [4.78, 5) is 11.4. The van der Waals surface area contributed by atoms with E-state index < -0.39 is 35.8 Å². The molecule has 0 saturated heterocycles. The van der Waals surface area contributed by atoms with Crippen molar-refractivity contribution in [1.82, 2.24) is 0 Å². The van der Waals surface area contributed by atoms with Crippen molar-refractivity contribution in [2.45, 2.75) is 51.6 Å². The van der Waals surface area contributed by atoms with Crippen molar-refractivity contribution in [1.29, 1.82) is 0 Å². The molecular formula is C12H17F7O2. The molecule has 126 valence electrons. The average molecular weight is 326 g/mol. The van der Waals surface area contributed by atoms with Crippen molar-refractivity contribution >= 4 is 5.97 Å². The van der Waals surface area contributed by atoms with Gasteiger partial charge in [0, 0.05) is 5.92 Å². The molecule has 0 aromatic heterocycles. The van der Waals surface area contributed by atoms with Gasteiger partial charge in [-0.15, -0.1) is 0 Å². The lowest BCUT2D eigenvalue weighted by Crippen LogP contribution is -2.56. The Bertz CT molecular complexity index is 352. The minimum Gasteiger partial charge on any atom is -0.465 e. The third kappa shape index (κ3) is 4.23. The van der Waals surface area contributed by atoms with Gasteiger partial charge >= 0.3 is 24.0 Å². The van der Waals surface area contributed by atoms with Gasteiger partial charge in [-0.3, -0.25) is 4.79 Å². The third-order valence-electron chi connectivity index (χ3n) is 3.21. The molecule has 0 aliphatic heterocycles. The first kappa shape index (κ1) is 20.0. The summed E-state index contributed by atoms with van der Waals surface area (Å²) in [6.45, 7) is 2.95. The number of hydrogen-bond donors (Lipinski definition) is 0. The average Bonchev–Trinajstić information content (AvgIpc) is 2.35. The van der Waals surface area contributed by atoms with Crippen LogP contribution in [0.15, 0.2) is 0 Å². The van der Waals surface area contributed by atoms with E-state index in [0.717, 1.165) is 6.92 Å². The molecular weight excluding hydrogens is 309 g/mol. The molecule has 0 spiro atoms. The first-order valence-corrected chi connectivity index (χ1v) is 6.29. The van der Waals surface area contributed by atoms with Crippen LogP contribution in [0.3, 0.4) is 0 Å². The highest BCUT2D eigenvalue weighted by molar-refractivity contribution is 5.72. The lowest BCUT2D eigenvalue weighted by atomic mass is 9.86. The van der Waals surface area contributed by atoms with Crippen LogP contribution in [-0.4, -0.2) is 30.6 Å². The van der Waals surface area contributed by atoms with Crippen LogP contribution in [0.4, 0.5) is 30.7 Å². The largest absolute Gasteiger partial charge is 0.465 e. The maximum Gasteiger partial charge on any atom is 0.459 e. The van der Waals surface area contributed by atoms with Gasteiger partial charge in [0.25, 0.3) is 0 Å². The highest BCUT2D eigenvalue weighted by Crippen LogP contribution is 2.51. The number of unbranched alkanes of at least 4 members (excludes halogenated alkanes) is 1. The lowest BCUT2D eigenvalue weighted by Gasteiger charge is -2.34. The Kier molecular flexibility index (Phi) is 6.50. The van der Waals surface area contributed by atoms with E-state index in [-0.39, 0.29) is 6.61 Å². The zero-order valence-corrected chi connectivity index (χ0v) is 11.7. The first-order chi connectivity index (χ1) is 9.30. The minimum atomic E-state index is -6.41. The molecule has 0 aliphatic carbocycles. The van der Waals surface area contributed by atoms with E-state index in [2.05, 4.69) is 4.74 Å². The second-order valence-electron chi connectivity index (χ2n) is 4.79. The van der Waals surface area contributed by atoms with Gasteiger partial charge < -0.3 is 4.74 Å². The molecule has 0 aromatic rings. The summed E-state index contributed by atoms with van der Waals surface area (Å²) in [5.41, 5.74) is 0. The van der Waals surface area contributed by atoms with Crippen molar-refractivity contribution in [2.24, 2.45) is 11.8 Å².